The molecule has 0 N–H and O–H groups in total. The van der Waals surface area contributed by atoms with Crippen LogP contribution in [0.25, 0.3) is 61.0 Å². The first kappa shape index (κ1) is 29.4. The Balaban J connectivity index is 1.06. The van der Waals surface area contributed by atoms with Crippen LogP contribution in [0.3, 0.4) is 0 Å². The molecule has 0 atom stereocenters. The van der Waals surface area contributed by atoms with Gasteiger partial charge < -0.3 is 14.2 Å². The predicted molar refractivity (Wildman–Crippen MR) is 209 cm³/mol. The lowest BCUT2D eigenvalue weighted by Gasteiger charge is -2.42. The number of rotatable bonds is 3. The maximum absolute atomic E-state index is 9.86. The summed E-state index contributed by atoms with van der Waals surface area (Å²) in [4.78, 5) is 12.4. The van der Waals surface area contributed by atoms with Gasteiger partial charge in [0.15, 0.2) is 34.5 Å². The van der Waals surface area contributed by atoms with E-state index in [0.717, 1.165) is 60.8 Å². The third kappa shape index (κ3) is 4.09. The van der Waals surface area contributed by atoms with E-state index in [2.05, 4.69) is 70.1 Å². The van der Waals surface area contributed by atoms with Gasteiger partial charge >= 0.3 is 0 Å². The van der Waals surface area contributed by atoms with Crippen LogP contribution >= 0.6 is 0 Å². The van der Waals surface area contributed by atoms with Crippen LogP contribution in [0, 0.1) is 22.7 Å². The standard InChI is InChI=1S/C46H22N6O3/c47-23-25-16-36-43-38(18-25)54-40-21-29(22-41-45(40)52(43)44-37(53-36)17-26(24-48)19-39(44)55-41)28-14-15-35-32(20-28)30-10-5-7-13-34(30)51(35)46-49-33-12-6-4-11-31(33)42(50-46)27-8-2-1-3-9-27/h1-22H. The van der Waals surface area contributed by atoms with E-state index in [1.54, 1.807) is 24.3 Å². The molecule has 0 saturated carbocycles. The van der Waals surface area contributed by atoms with Crippen molar-refractivity contribution in [3.63, 3.8) is 0 Å². The van der Waals surface area contributed by atoms with Crippen molar-refractivity contribution in [2.24, 2.45) is 0 Å². The highest BCUT2D eigenvalue weighted by Crippen LogP contribution is 2.67. The van der Waals surface area contributed by atoms with Gasteiger partial charge in [-0.3, -0.25) is 9.47 Å². The second-order valence-electron chi connectivity index (χ2n) is 13.7. The number of hydrogen-bond acceptors (Lipinski definition) is 8. The van der Waals surface area contributed by atoms with Crippen LogP contribution in [-0.2, 0) is 0 Å². The van der Waals surface area contributed by atoms with Crippen LogP contribution < -0.4 is 19.1 Å². The minimum absolute atomic E-state index is 0.398. The summed E-state index contributed by atoms with van der Waals surface area (Å²) in [6.45, 7) is 0. The quantitative estimate of drug-likeness (QED) is 0.179. The largest absolute Gasteiger partial charge is 0.453 e. The van der Waals surface area contributed by atoms with E-state index in [4.69, 9.17) is 24.2 Å². The van der Waals surface area contributed by atoms with Crippen molar-refractivity contribution in [1.29, 1.82) is 10.5 Å². The molecule has 7 aromatic carbocycles. The number of fused-ring (bicyclic) bond motifs is 4. The van der Waals surface area contributed by atoms with Crippen molar-refractivity contribution < 1.29 is 14.2 Å². The van der Waals surface area contributed by atoms with E-state index >= 15 is 0 Å². The lowest BCUT2D eigenvalue weighted by atomic mass is 9.98. The fraction of sp³-hybridized carbons (Fsp3) is 0. The maximum atomic E-state index is 9.86. The van der Waals surface area contributed by atoms with E-state index in [1.165, 1.54) is 0 Å². The number of nitriles is 2. The summed E-state index contributed by atoms with van der Waals surface area (Å²) in [6.07, 6.45) is 0. The van der Waals surface area contributed by atoms with E-state index in [0.29, 0.717) is 62.9 Å². The summed E-state index contributed by atoms with van der Waals surface area (Å²) in [7, 11) is 0. The monoisotopic (exact) mass is 706 g/mol. The fourth-order valence-electron chi connectivity index (χ4n) is 8.21. The molecule has 9 aromatic rings. The summed E-state index contributed by atoms with van der Waals surface area (Å²) in [5.41, 5.74) is 9.42. The molecule has 0 fully saturated rings. The van der Waals surface area contributed by atoms with Crippen molar-refractivity contribution in [2.45, 2.75) is 0 Å². The van der Waals surface area contributed by atoms with Gasteiger partial charge in [0.1, 0.15) is 17.1 Å². The molecule has 5 heterocycles. The molecule has 0 aliphatic carbocycles. The summed E-state index contributed by atoms with van der Waals surface area (Å²) in [5.74, 6) is 3.67. The predicted octanol–water partition coefficient (Wildman–Crippen LogP) is 11.6. The molecule has 3 aliphatic heterocycles. The molecular formula is C46H22N6O3. The van der Waals surface area contributed by atoms with Crippen LogP contribution in [0.2, 0.25) is 0 Å². The zero-order valence-electron chi connectivity index (χ0n) is 28.6. The second kappa shape index (κ2) is 10.7. The molecule has 3 aliphatic rings. The molecule has 0 unspecified atom stereocenters. The summed E-state index contributed by atoms with van der Waals surface area (Å²) in [6, 6.07) is 48.3. The van der Waals surface area contributed by atoms with Gasteiger partial charge in [-0.2, -0.15) is 10.5 Å². The highest BCUT2D eigenvalue weighted by Gasteiger charge is 2.42. The minimum Gasteiger partial charge on any atom is -0.453 e. The highest BCUT2D eigenvalue weighted by atomic mass is 16.5. The molecule has 0 spiro atoms. The smallest absolute Gasteiger partial charge is 0.235 e. The molecule has 0 bridgehead atoms. The van der Waals surface area contributed by atoms with Crippen LogP contribution in [0.1, 0.15) is 11.1 Å². The summed E-state index contributed by atoms with van der Waals surface area (Å²) in [5, 5.41) is 22.8. The number of para-hydroxylation sites is 2. The number of ether oxygens (including phenoxy) is 3. The molecule has 0 radical (unpaired) electrons. The van der Waals surface area contributed by atoms with Gasteiger partial charge in [0, 0.05) is 46.0 Å². The van der Waals surface area contributed by atoms with Crippen LogP contribution in [0.5, 0.6) is 34.5 Å². The van der Waals surface area contributed by atoms with E-state index in [1.807, 2.05) is 60.7 Å². The Morgan fingerprint density at radius 1 is 0.455 bits per heavy atom. The molecule has 55 heavy (non-hydrogen) atoms. The molecule has 0 saturated heterocycles. The zero-order chi connectivity index (χ0) is 36.4. The molecule has 9 nitrogen and oxygen atoms in total. The highest BCUT2D eigenvalue weighted by molar-refractivity contribution is 6.11. The van der Waals surface area contributed by atoms with Crippen LogP contribution in [-0.4, -0.2) is 14.5 Å². The molecule has 9 heteroatoms. The first-order valence-electron chi connectivity index (χ1n) is 17.7. The third-order valence-electron chi connectivity index (χ3n) is 10.6. The number of anilines is 3. The Kier molecular flexibility index (Phi) is 5.73. The van der Waals surface area contributed by atoms with E-state index in [-0.39, 0.29) is 0 Å². The number of benzene rings is 7. The average molecular weight is 707 g/mol. The maximum Gasteiger partial charge on any atom is 0.235 e. The topological polar surface area (TPSA) is 109 Å². The number of hydrogen-bond donors (Lipinski definition) is 0. The summed E-state index contributed by atoms with van der Waals surface area (Å²) < 4.78 is 21.6. The fourth-order valence-corrected chi connectivity index (χ4v) is 8.21. The van der Waals surface area contributed by atoms with Crippen molar-refractivity contribution in [2.75, 3.05) is 4.90 Å². The molecule has 12 rings (SSSR count). The van der Waals surface area contributed by atoms with Crippen molar-refractivity contribution in [3.05, 3.63) is 145 Å². The lowest BCUT2D eigenvalue weighted by molar-refractivity contribution is 0.418. The second-order valence-corrected chi connectivity index (χ2v) is 13.7. The van der Waals surface area contributed by atoms with Gasteiger partial charge in [0.25, 0.3) is 0 Å². The number of aromatic nitrogens is 3. The molecule has 254 valence electrons. The first-order chi connectivity index (χ1) is 27.1. The van der Waals surface area contributed by atoms with Gasteiger partial charge in [0.05, 0.1) is 45.5 Å². The van der Waals surface area contributed by atoms with Gasteiger partial charge in [0.2, 0.25) is 5.95 Å². The third-order valence-corrected chi connectivity index (χ3v) is 10.6. The van der Waals surface area contributed by atoms with Crippen molar-refractivity contribution in [3.8, 4) is 75.0 Å². The van der Waals surface area contributed by atoms with E-state index in [9.17, 15) is 10.5 Å². The van der Waals surface area contributed by atoms with Crippen LogP contribution in [0.15, 0.2) is 133 Å². The molecule has 2 aromatic heterocycles. The minimum atomic E-state index is 0.398. The lowest BCUT2D eigenvalue weighted by Crippen LogP contribution is -2.24. The number of nitrogens with zero attached hydrogens (tertiary/aromatic N) is 6. The Morgan fingerprint density at radius 3 is 1.64 bits per heavy atom. The first-order valence-corrected chi connectivity index (χ1v) is 17.7. The van der Waals surface area contributed by atoms with Gasteiger partial charge in [-0.1, -0.05) is 72.8 Å². The van der Waals surface area contributed by atoms with Gasteiger partial charge in [-0.25, -0.2) is 9.97 Å². The molecular weight excluding hydrogens is 685 g/mol. The average Bonchev–Trinajstić information content (AvgIpc) is 3.56. The Bertz CT molecular complexity index is 3190. The Morgan fingerprint density at radius 2 is 1.00 bits per heavy atom. The van der Waals surface area contributed by atoms with Crippen molar-refractivity contribution >= 4 is 49.8 Å². The SMILES string of the molecule is N#Cc1cc2c3c(c1)Oc1cc(-c4ccc5c(c4)c4ccccc4n5-c4nc(-c5ccccc5)c5ccccc5n4)cc4c1N3c1c(cc(C#N)cc1O4)O2. The van der Waals surface area contributed by atoms with Gasteiger partial charge in [-0.05, 0) is 47.5 Å². The Labute approximate surface area is 312 Å². The van der Waals surface area contributed by atoms with E-state index < -0.39 is 0 Å². The van der Waals surface area contributed by atoms with Crippen molar-refractivity contribution in [1.82, 2.24) is 14.5 Å². The van der Waals surface area contributed by atoms with Crippen LogP contribution in [0.4, 0.5) is 17.1 Å². The Hall–Kier alpha value is -8.14. The normalized spacial score (nSPS) is 12.7. The van der Waals surface area contributed by atoms with Gasteiger partial charge in [-0.15, -0.1) is 0 Å². The summed E-state index contributed by atoms with van der Waals surface area (Å²) >= 11 is 0. The zero-order valence-corrected chi connectivity index (χ0v) is 28.6. The molecule has 0 amide bonds.